The maximum Gasteiger partial charge on any atom is 0.311 e. The average molecular weight is 237 g/mol. The van der Waals surface area contributed by atoms with Gasteiger partial charge in [0.2, 0.25) is 5.91 Å². The molecule has 1 aromatic rings. The first-order valence-corrected chi connectivity index (χ1v) is 4.84. The molecule has 90 valence electrons. The van der Waals surface area contributed by atoms with E-state index in [2.05, 4.69) is 10.5 Å². The quantitative estimate of drug-likeness (QED) is 0.465. The Balaban J connectivity index is 2.82. The number of carbonyl (C=O) groups excluding carboxylic acids is 1. The summed E-state index contributed by atoms with van der Waals surface area (Å²) < 4.78 is 0. The average Bonchev–Trinajstić information content (AvgIpc) is 2.30. The van der Waals surface area contributed by atoms with Crippen molar-refractivity contribution in [2.45, 2.75) is 13.3 Å². The van der Waals surface area contributed by atoms with Crippen LogP contribution in [0.4, 0.5) is 5.69 Å². The zero-order valence-electron chi connectivity index (χ0n) is 9.08. The summed E-state index contributed by atoms with van der Waals surface area (Å²) in [5.41, 5.74) is 2.24. The summed E-state index contributed by atoms with van der Waals surface area (Å²) in [4.78, 5) is 20.7. The van der Waals surface area contributed by atoms with Gasteiger partial charge in [0, 0.05) is 18.1 Å². The number of nitrogens with zero attached hydrogens (tertiary/aromatic N) is 2. The number of benzene rings is 1. The first kappa shape index (κ1) is 12.6. The first-order chi connectivity index (χ1) is 8.04. The molecule has 0 aliphatic heterocycles. The van der Waals surface area contributed by atoms with Crippen LogP contribution in [-0.4, -0.2) is 22.2 Å². The predicted octanol–water partition coefficient (Wildman–Crippen LogP) is 1.16. The lowest BCUT2D eigenvalue weighted by molar-refractivity contribution is -0.385. The van der Waals surface area contributed by atoms with Gasteiger partial charge in [-0.3, -0.25) is 14.9 Å². The van der Waals surface area contributed by atoms with Crippen molar-refractivity contribution in [3.05, 3.63) is 33.9 Å². The molecule has 0 saturated heterocycles. The first-order valence-electron chi connectivity index (χ1n) is 4.84. The highest BCUT2D eigenvalue weighted by Gasteiger charge is 2.12. The number of phenols is 1. The van der Waals surface area contributed by atoms with Gasteiger partial charge in [0.15, 0.2) is 5.75 Å². The molecule has 0 radical (unpaired) electrons. The molecular weight excluding hydrogens is 226 g/mol. The second kappa shape index (κ2) is 5.59. The Bertz CT molecular complexity index is 471. The second-order valence-corrected chi connectivity index (χ2v) is 3.15. The summed E-state index contributed by atoms with van der Waals surface area (Å²) >= 11 is 0. The van der Waals surface area contributed by atoms with Gasteiger partial charge in [-0.15, -0.1) is 0 Å². The highest BCUT2D eigenvalue weighted by atomic mass is 16.6. The number of nitro groups is 1. The fourth-order valence-electron chi connectivity index (χ4n) is 1.02. The Morgan fingerprint density at radius 3 is 2.94 bits per heavy atom. The monoisotopic (exact) mass is 237 g/mol. The number of hydrogen-bond donors (Lipinski definition) is 2. The maximum atomic E-state index is 10.9. The van der Waals surface area contributed by atoms with Crippen LogP contribution in [0.5, 0.6) is 5.75 Å². The molecule has 1 rings (SSSR count). The number of amides is 1. The second-order valence-electron chi connectivity index (χ2n) is 3.15. The zero-order chi connectivity index (χ0) is 12.8. The fourth-order valence-corrected chi connectivity index (χ4v) is 1.02. The number of nitrogens with one attached hydrogen (secondary N) is 1. The summed E-state index contributed by atoms with van der Waals surface area (Å²) in [7, 11) is 0. The number of nitro benzene ring substituents is 1. The van der Waals surface area contributed by atoms with Crippen molar-refractivity contribution in [3.8, 4) is 5.75 Å². The molecule has 0 heterocycles. The molecule has 0 atom stereocenters. The van der Waals surface area contributed by atoms with E-state index in [9.17, 15) is 20.0 Å². The molecule has 7 nitrogen and oxygen atoms in total. The van der Waals surface area contributed by atoms with Crippen molar-refractivity contribution in [1.29, 1.82) is 0 Å². The Morgan fingerprint density at radius 2 is 2.35 bits per heavy atom. The van der Waals surface area contributed by atoms with E-state index in [0.29, 0.717) is 12.0 Å². The van der Waals surface area contributed by atoms with Gasteiger partial charge < -0.3 is 5.11 Å². The zero-order valence-corrected chi connectivity index (χ0v) is 9.08. The van der Waals surface area contributed by atoms with Gasteiger partial charge in [-0.2, -0.15) is 5.10 Å². The number of hydrazone groups is 1. The third kappa shape index (κ3) is 3.56. The van der Waals surface area contributed by atoms with E-state index >= 15 is 0 Å². The van der Waals surface area contributed by atoms with E-state index in [1.54, 1.807) is 6.92 Å². The van der Waals surface area contributed by atoms with Crippen molar-refractivity contribution in [1.82, 2.24) is 5.43 Å². The lowest BCUT2D eigenvalue weighted by Gasteiger charge is -1.98. The highest BCUT2D eigenvalue weighted by Crippen LogP contribution is 2.25. The number of rotatable bonds is 4. The van der Waals surface area contributed by atoms with Crippen molar-refractivity contribution >= 4 is 17.8 Å². The third-order valence-electron chi connectivity index (χ3n) is 1.92. The minimum atomic E-state index is -0.697. The number of aromatic hydroxyl groups is 1. The van der Waals surface area contributed by atoms with E-state index in [4.69, 9.17) is 0 Å². The summed E-state index contributed by atoms with van der Waals surface area (Å²) in [5.74, 6) is -0.667. The molecule has 0 aliphatic carbocycles. The Hall–Kier alpha value is -2.44. The van der Waals surface area contributed by atoms with Gasteiger partial charge in [-0.25, -0.2) is 5.43 Å². The van der Waals surface area contributed by atoms with Gasteiger partial charge in [-0.1, -0.05) is 6.92 Å². The van der Waals surface area contributed by atoms with Gasteiger partial charge in [-0.05, 0) is 12.1 Å². The predicted molar refractivity (Wildman–Crippen MR) is 60.8 cm³/mol. The molecule has 0 saturated carbocycles. The third-order valence-corrected chi connectivity index (χ3v) is 1.92. The highest BCUT2D eigenvalue weighted by molar-refractivity contribution is 5.83. The Labute approximate surface area is 96.9 Å². The SMILES string of the molecule is CCC(=O)N/N=C/c1ccc(O)c([N+](=O)[O-])c1. The molecule has 1 amide bonds. The smallest absolute Gasteiger partial charge is 0.311 e. The van der Waals surface area contributed by atoms with E-state index in [-0.39, 0.29) is 5.91 Å². The Morgan fingerprint density at radius 1 is 1.65 bits per heavy atom. The van der Waals surface area contributed by atoms with Crippen LogP contribution >= 0.6 is 0 Å². The number of hydrogen-bond acceptors (Lipinski definition) is 5. The summed E-state index contributed by atoms with van der Waals surface area (Å²) in [6, 6.07) is 3.81. The van der Waals surface area contributed by atoms with Crippen molar-refractivity contribution in [3.63, 3.8) is 0 Å². The van der Waals surface area contributed by atoms with E-state index in [0.717, 1.165) is 6.07 Å². The van der Waals surface area contributed by atoms with Crippen molar-refractivity contribution in [2.75, 3.05) is 0 Å². The van der Waals surface area contributed by atoms with Crippen LogP contribution in [0.1, 0.15) is 18.9 Å². The lowest BCUT2D eigenvalue weighted by atomic mass is 10.2. The van der Waals surface area contributed by atoms with Gasteiger partial charge in [0.05, 0.1) is 11.1 Å². The van der Waals surface area contributed by atoms with Gasteiger partial charge in [0.25, 0.3) is 0 Å². The summed E-state index contributed by atoms with van der Waals surface area (Å²) in [6.07, 6.45) is 1.56. The summed E-state index contributed by atoms with van der Waals surface area (Å²) in [6.45, 7) is 1.68. The van der Waals surface area contributed by atoms with Crippen LogP contribution in [0.25, 0.3) is 0 Å². The molecule has 0 fully saturated rings. The Kier molecular flexibility index (Phi) is 4.15. The summed E-state index contributed by atoms with van der Waals surface area (Å²) in [5, 5.41) is 23.3. The molecule has 0 unspecified atom stereocenters. The van der Waals surface area contributed by atoms with Crippen LogP contribution < -0.4 is 5.43 Å². The minimum Gasteiger partial charge on any atom is -0.502 e. The molecule has 17 heavy (non-hydrogen) atoms. The van der Waals surface area contributed by atoms with Crippen LogP contribution in [0, 0.1) is 10.1 Å². The largest absolute Gasteiger partial charge is 0.502 e. The molecule has 0 bridgehead atoms. The maximum absolute atomic E-state index is 10.9. The van der Waals surface area contributed by atoms with E-state index < -0.39 is 16.4 Å². The van der Waals surface area contributed by atoms with Gasteiger partial charge in [0.1, 0.15) is 0 Å². The standard InChI is InChI=1S/C10H11N3O4/c1-2-10(15)12-11-6-7-3-4-9(14)8(5-7)13(16)17/h3-6,14H,2H2,1H3,(H,12,15)/b11-6+. The lowest BCUT2D eigenvalue weighted by Crippen LogP contribution is -2.15. The normalized spacial score (nSPS) is 10.4. The van der Waals surface area contributed by atoms with E-state index in [1.165, 1.54) is 18.3 Å². The van der Waals surface area contributed by atoms with E-state index in [1.807, 2.05) is 0 Å². The number of phenolic OH excluding ortho intramolecular Hbond substituents is 1. The molecule has 1 aromatic carbocycles. The molecule has 0 spiro atoms. The topological polar surface area (TPSA) is 105 Å². The molecule has 7 heteroatoms. The van der Waals surface area contributed by atoms with Crippen LogP contribution in [-0.2, 0) is 4.79 Å². The molecule has 0 aromatic heterocycles. The van der Waals surface area contributed by atoms with Gasteiger partial charge >= 0.3 is 5.69 Å². The fraction of sp³-hybridized carbons (Fsp3) is 0.200. The van der Waals surface area contributed by atoms with Crippen LogP contribution in [0.15, 0.2) is 23.3 Å². The molecule has 2 N–H and O–H groups in total. The van der Waals surface area contributed by atoms with Crippen molar-refractivity contribution in [2.24, 2.45) is 5.10 Å². The van der Waals surface area contributed by atoms with Crippen LogP contribution in [0.2, 0.25) is 0 Å². The molecular formula is C10H11N3O4. The van der Waals surface area contributed by atoms with Crippen LogP contribution in [0.3, 0.4) is 0 Å². The number of carbonyl (C=O) groups is 1. The van der Waals surface area contributed by atoms with Crippen molar-refractivity contribution < 1.29 is 14.8 Å². The minimum absolute atomic E-state index is 0.255. The molecule has 0 aliphatic rings.